The second kappa shape index (κ2) is 10.0. The third-order valence-electron chi connectivity index (χ3n) is 6.27. The van der Waals surface area contributed by atoms with Crippen molar-refractivity contribution in [2.75, 3.05) is 6.54 Å². The number of benzene rings is 2. The highest BCUT2D eigenvalue weighted by Crippen LogP contribution is 2.37. The van der Waals surface area contributed by atoms with Crippen molar-refractivity contribution < 1.29 is 9.32 Å². The largest absolute Gasteiger partial charge is 0.334 e. The fourth-order valence-corrected chi connectivity index (χ4v) is 4.20. The Balaban J connectivity index is 1.75. The van der Waals surface area contributed by atoms with E-state index in [0.717, 1.165) is 48.1 Å². The lowest BCUT2D eigenvalue weighted by Gasteiger charge is -2.35. The van der Waals surface area contributed by atoms with Gasteiger partial charge in [-0.2, -0.15) is 4.98 Å². The Morgan fingerprint density at radius 1 is 1.00 bits per heavy atom. The summed E-state index contributed by atoms with van der Waals surface area (Å²) in [6.07, 6.45) is 4.09. The van der Waals surface area contributed by atoms with Gasteiger partial charge < -0.3 is 9.84 Å². The quantitative estimate of drug-likeness (QED) is 0.414. The Bertz CT molecular complexity index is 1130. The molecule has 172 valence electrons. The van der Waals surface area contributed by atoms with Gasteiger partial charge in [0.15, 0.2) is 0 Å². The number of aromatic nitrogens is 2. The van der Waals surface area contributed by atoms with Crippen LogP contribution < -0.4 is 5.32 Å². The zero-order valence-corrected chi connectivity index (χ0v) is 19.9. The van der Waals surface area contributed by atoms with Crippen LogP contribution in [0.15, 0.2) is 58.8 Å². The Labute approximate surface area is 195 Å². The van der Waals surface area contributed by atoms with Gasteiger partial charge in [-0.05, 0) is 37.8 Å². The average Bonchev–Trinajstić information content (AvgIpc) is 3.31. The van der Waals surface area contributed by atoms with Gasteiger partial charge in [0.05, 0.1) is 11.6 Å². The number of urea groups is 1. The van der Waals surface area contributed by atoms with Crippen molar-refractivity contribution in [3.63, 3.8) is 0 Å². The van der Waals surface area contributed by atoms with Gasteiger partial charge in [0, 0.05) is 17.8 Å². The van der Waals surface area contributed by atoms with E-state index in [-0.39, 0.29) is 12.1 Å². The molecule has 0 aliphatic carbocycles. The van der Waals surface area contributed by atoms with Crippen LogP contribution in [0.2, 0.25) is 0 Å². The predicted molar refractivity (Wildman–Crippen MR) is 130 cm³/mol. The van der Waals surface area contributed by atoms with E-state index >= 15 is 0 Å². The molecule has 1 unspecified atom stereocenters. The van der Waals surface area contributed by atoms with Gasteiger partial charge in [0.1, 0.15) is 0 Å². The molecular formula is C27H32N4O2. The lowest BCUT2D eigenvalue weighted by molar-refractivity contribution is 0.204. The summed E-state index contributed by atoms with van der Waals surface area (Å²) >= 11 is 0. The predicted octanol–water partition coefficient (Wildman–Crippen LogP) is 6.30. The first-order chi connectivity index (χ1) is 16.0. The van der Waals surface area contributed by atoms with Crippen molar-refractivity contribution in [1.29, 1.82) is 0 Å². The number of aryl methyl sites for hydroxylation is 2. The maximum Gasteiger partial charge on any atom is 0.322 e. The van der Waals surface area contributed by atoms with E-state index in [9.17, 15) is 4.79 Å². The molecule has 4 rings (SSSR count). The normalized spacial score (nSPS) is 16.3. The number of rotatable bonds is 8. The summed E-state index contributed by atoms with van der Waals surface area (Å²) in [6.45, 7) is 8.97. The molecule has 1 N–H and O–H groups in total. The molecule has 0 fully saturated rings. The van der Waals surface area contributed by atoms with Gasteiger partial charge in [-0.25, -0.2) is 4.79 Å². The van der Waals surface area contributed by atoms with Crippen molar-refractivity contribution in [3.05, 3.63) is 76.8 Å². The van der Waals surface area contributed by atoms with Crippen molar-refractivity contribution in [2.24, 2.45) is 0 Å². The summed E-state index contributed by atoms with van der Waals surface area (Å²) in [4.78, 5) is 19.6. The standard InChI is InChI=1S/C27H32N4O2/c1-5-7-8-17-31-19(4)23(24(28-27(31)32)21-15-11-20(6-2)12-16-21)26-29-25(30-33-26)22-13-9-18(3)10-14-22/h9-16,24H,5-8,17H2,1-4H3,(H,28,32). The van der Waals surface area contributed by atoms with Crippen LogP contribution in [0.25, 0.3) is 17.0 Å². The van der Waals surface area contributed by atoms with E-state index in [4.69, 9.17) is 9.51 Å². The molecule has 0 bridgehead atoms. The molecule has 2 heterocycles. The van der Waals surface area contributed by atoms with Gasteiger partial charge in [-0.15, -0.1) is 0 Å². The van der Waals surface area contributed by atoms with Crippen molar-refractivity contribution in [1.82, 2.24) is 20.4 Å². The molecule has 0 saturated heterocycles. The molecule has 0 spiro atoms. The van der Waals surface area contributed by atoms with Gasteiger partial charge >= 0.3 is 6.03 Å². The summed E-state index contributed by atoms with van der Waals surface area (Å²) in [6, 6.07) is 16.0. The molecule has 2 aromatic carbocycles. The highest BCUT2D eigenvalue weighted by molar-refractivity contribution is 5.86. The number of allylic oxidation sites excluding steroid dienone is 1. The number of carbonyl (C=O) groups is 1. The lowest BCUT2D eigenvalue weighted by Crippen LogP contribution is -2.46. The summed E-state index contributed by atoms with van der Waals surface area (Å²) in [5.74, 6) is 0.980. The smallest absolute Gasteiger partial charge is 0.322 e. The molecule has 1 aliphatic heterocycles. The number of unbranched alkanes of at least 4 members (excludes halogenated alkanes) is 2. The number of carbonyl (C=O) groups excluding carboxylic acids is 1. The Hall–Kier alpha value is -3.41. The zero-order valence-electron chi connectivity index (χ0n) is 19.9. The number of hydrogen-bond acceptors (Lipinski definition) is 4. The fourth-order valence-electron chi connectivity index (χ4n) is 4.20. The molecule has 33 heavy (non-hydrogen) atoms. The van der Waals surface area contributed by atoms with Crippen LogP contribution in [0.5, 0.6) is 0 Å². The Kier molecular flexibility index (Phi) is 6.92. The minimum absolute atomic E-state index is 0.0878. The zero-order chi connectivity index (χ0) is 23.4. The highest BCUT2D eigenvalue weighted by Gasteiger charge is 2.35. The minimum Gasteiger partial charge on any atom is -0.334 e. The minimum atomic E-state index is -0.350. The van der Waals surface area contributed by atoms with Crippen LogP contribution in [0.3, 0.4) is 0 Å². The molecular weight excluding hydrogens is 412 g/mol. The first-order valence-electron chi connectivity index (χ1n) is 11.8. The highest BCUT2D eigenvalue weighted by atomic mass is 16.5. The van der Waals surface area contributed by atoms with Gasteiger partial charge in [-0.3, -0.25) is 4.90 Å². The maximum atomic E-state index is 13.1. The maximum absolute atomic E-state index is 13.1. The molecule has 0 saturated carbocycles. The number of nitrogens with one attached hydrogen (secondary N) is 1. The Morgan fingerprint density at radius 2 is 1.73 bits per heavy atom. The lowest BCUT2D eigenvalue weighted by atomic mass is 9.93. The van der Waals surface area contributed by atoms with E-state index in [1.54, 1.807) is 4.90 Å². The third kappa shape index (κ3) is 4.85. The SMILES string of the molecule is CCCCCN1C(=O)NC(c2ccc(CC)cc2)C(c2nc(-c3ccc(C)cc3)no2)=C1C. The van der Waals surface area contributed by atoms with E-state index in [2.05, 4.69) is 48.6 Å². The van der Waals surface area contributed by atoms with Gasteiger partial charge in [0.2, 0.25) is 5.82 Å². The van der Waals surface area contributed by atoms with E-state index in [0.29, 0.717) is 18.3 Å². The molecule has 3 aromatic rings. The van der Waals surface area contributed by atoms with Crippen LogP contribution in [0.1, 0.15) is 68.7 Å². The van der Waals surface area contributed by atoms with E-state index in [1.165, 1.54) is 11.1 Å². The number of amides is 2. The van der Waals surface area contributed by atoms with Crippen LogP contribution in [-0.2, 0) is 6.42 Å². The van der Waals surface area contributed by atoms with Crippen LogP contribution in [0, 0.1) is 6.92 Å². The monoisotopic (exact) mass is 444 g/mol. The van der Waals surface area contributed by atoms with Gasteiger partial charge in [-0.1, -0.05) is 85.9 Å². The topological polar surface area (TPSA) is 71.3 Å². The van der Waals surface area contributed by atoms with E-state index in [1.807, 2.05) is 38.1 Å². The summed E-state index contributed by atoms with van der Waals surface area (Å²) in [7, 11) is 0. The first-order valence-corrected chi connectivity index (χ1v) is 11.8. The molecule has 1 atom stereocenters. The summed E-state index contributed by atoms with van der Waals surface area (Å²) in [5.41, 5.74) is 6.04. The van der Waals surface area contributed by atoms with E-state index < -0.39 is 0 Å². The first kappa shape index (κ1) is 22.8. The second-order valence-corrected chi connectivity index (χ2v) is 8.62. The molecule has 1 aromatic heterocycles. The summed E-state index contributed by atoms with van der Waals surface area (Å²) < 4.78 is 5.77. The molecule has 2 amide bonds. The molecule has 0 radical (unpaired) electrons. The molecule has 6 nitrogen and oxygen atoms in total. The second-order valence-electron chi connectivity index (χ2n) is 8.62. The fraction of sp³-hybridized carbons (Fsp3) is 0.370. The third-order valence-corrected chi connectivity index (χ3v) is 6.27. The molecule has 6 heteroatoms. The van der Waals surface area contributed by atoms with Crippen molar-refractivity contribution >= 4 is 11.6 Å². The van der Waals surface area contributed by atoms with Crippen molar-refractivity contribution in [2.45, 2.75) is 59.4 Å². The van der Waals surface area contributed by atoms with Gasteiger partial charge in [0.25, 0.3) is 5.89 Å². The molecule has 1 aliphatic rings. The van der Waals surface area contributed by atoms with Crippen LogP contribution in [0.4, 0.5) is 4.79 Å². The average molecular weight is 445 g/mol. The van der Waals surface area contributed by atoms with Crippen LogP contribution >= 0.6 is 0 Å². The van der Waals surface area contributed by atoms with Crippen molar-refractivity contribution in [3.8, 4) is 11.4 Å². The Morgan fingerprint density at radius 3 is 2.39 bits per heavy atom. The van der Waals surface area contributed by atoms with Crippen LogP contribution in [-0.4, -0.2) is 27.6 Å². The summed E-state index contributed by atoms with van der Waals surface area (Å²) in [5, 5.41) is 7.43. The number of nitrogens with zero attached hydrogens (tertiary/aromatic N) is 3. The number of hydrogen-bond donors (Lipinski definition) is 1.